The number of aromatic nitrogens is 2. The number of pyridine rings is 1. The summed E-state index contributed by atoms with van der Waals surface area (Å²) >= 11 is 0. The zero-order valence-corrected chi connectivity index (χ0v) is 17.6. The summed E-state index contributed by atoms with van der Waals surface area (Å²) in [7, 11) is -3.47. The van der Waals surface area contributed by atoms with Crippen molar-refractivity contribution in [3.05, 3.63) is 65.9 Å². The molecular weight excluding hydrogens is 441 g/mol. The Bertz CT molecular complexity index is 1410. The molecular formula is C22H17F3N4O2S. The molecule has 0 aliphatic heterocycles. The van der Waals surface area contributed by atoms with Crippen LogP contribution in [0.2, 0.25) is 0 Å². The molecule has 6 nitrogen and oxygen atoms in total. The normalized spacial score (nSPS) is 13.5. The van der Waals surface area contributed by atoms with E-state index < -0.39 is 21.8 Å². The van der Waals surface area contributed by atoms with Gasteiger partial charge in [-0.25, -0.2) is 13.4 Å². The number of benzene rings is 1. The molecule has 1 aliphatic carbocycles. The number of rotatable bonds is 6. The molecule has 1 aromatic carbocycles. The van der Waals surface area contributed by atoms with Crippen molar-refractivity contribution in [1.82, 2.24) is 9.55 Å². The molecule has 0 saturated carbocycles. The highest BCUT2D eigenvalue weighted by atomic mass is 32.2. The Morgan fingerprint density at radius 2 is 1.91 bits per heavy atom. The van der Waals surface area contributed by atoms with E-state index in [9.17, 15) is 26.9 Å². The maximum atomic E-state index is 13.2. The van der Waals surface area contributed by atoms with Gasteiger partial charge in [-0.2, -0.15) is 18.4 Å². The lowest BCUT2D eigenvalue weighted by Crippen LogP contribution is -2.15. The third kappa shape index (κ3) is 3.87. The summed E-state index contributed by atoms with van der Waals surface area (Å²) in [5, 5.41) is 9.91. The fraction of sp³-hybridized carbons (Fsp3) is 0.182. The summed E-state index contributed by atoms with van der Waals surface area (Å²) in [6.07, 6.45) is 1.91. The largest absolute Gasteiger partial charge is 0.417 e. The number of anilines is 1. The molecule has 0 radical (unpaired) electrons. The molecule has 32 heavy (non-hydrogen) atoms. The number of fused-ring (bicyclic) bond motifs is 1. The Morgan fingerprint density at radius 1 is 1.22 bits per heavy atom. The van der Waals surface area contributed by atoms with Gasteiger partial charge in [-0.15, -0.1) is 0 Å². The number of alkyl halides is 3. The number of hydrogen-bond donors (Lipinski definition) is 1. The minimum atomic E-state index is -4.59. The maximum Gasteiger partial charge on any atom is 0.417 e. The lowest BCUT2D eigenvalue weighted by Gasteiger charge is -2.15. The lowest BCUT2D eigenvalue weighted by molar-refractivity contribution is -0.137. The quantitative estimate of drug-likeness (QED) is 0.553. The second-order valence-corrected chi connectivity index (χ2v) is 9.05. The van der Waals surface area contributed by atoms with Crippen LogP contribution in [0.4, 0.5) is 18.9 Å². The van der Waals surface area contributed by atoms with Gasteiger partial charge in [0.2, 0.25) is 10.0 Å². The van der Waals surface area contributed by atoms with Crippen molar-refractivity contribution in [2.75, 3.05) is 10.5 Å². The second kappa shape index (κ2) is 7.84. The zero-order valence-electron chi connectivity index (χ0n) is 16.8. The van der Waals surface area contributed by atoms with Crippen LogP contribution in [0.15, 0.2) is 54.8 Å². The predicted molar refractivity (Wildman–Crippen MR) is 116 cm³/mol. The molecule has 164 valence electrons. The van der Waals surface area contributed by atoms with Crippen molar-refractivity contribution in [3.8, 4) is 17.3 Å². The van der Waals surface area contributed by atoms with E-state index in [4.69, 9.17) is 0 Å². The first kappa shape index (κ1) is 21.6. The molecule has 3 aromatic rings. The van der Waals surface area contributed by atoms with Crippen molar-refractivity contribution in [3.63, 3.8) is 0 Å². The Hall–Kier alpha value is -3.58. The average molecular weight is 458 g/mol. The number of nitriles is 1. The molecule has 0 spiro atoms. The molecule has 0 amide bonds. The van der Waals surface area contributed by atoms with E-state index in [1.807, 2.05) is 6.07 Å². The maximum absolute atomic E-state index is 13.2. The van der Waals surface area contributed by atoms with Crippen LogP contribution >= 0.6 is 0 Å². The molecule has 4 rings (SSSR count). The van der Waals surface area contributed by atoms with Crippen molar-refractivity contribution in [2.45, 2.75) is 19.5 Å². The first-order valence-electron chi connectivity index (χ1n) is 9.66. The van der Waals surface area contributed by atoms with Crippen LogP contribution in [0, 0.1) is 11.3 Å². The van der Waals surface area contributed by atoms with E-state index in [0.29, 0.717) is 29.1 Å². The number of nitrogens with one attached hydrogen (secondary N) is 1. The van der Waals surface area contributed by atoms with Crippen molar-refractivity contribution < 1.29 is 21.6 Å². The summed E-state index contributed by atoms with van der Waals surface area (Å²) in [6, 6.07) is 9.27. The average Bonchev–Trinajstić information content (AvgIpc) is 2.99. The van der Waals surface area contributed by atoms with Gasteiger partial charge in [0.25, 0.3) is 0 Å². The molecule has 0 saturated heterocycles. The van der Waals surface area contributed by atoms with Crippen LogP contribution in [0.1, 0.15) is 24.5 Å². The van der Waals surface area contributed by atoms with Gasteiger partial charge >= 0.3 is 6.18 Å². The van der Waals surface area contributed by atoms with E-state index in [1.54, 1.807) is 54.0 Å². The van der Waals surface area contributed by atoms with E-state index in [-0.39, 0.29) is 22.3 Å². The topological polar surface area (TPSA) is 87.8 Å². The predicted octanol–water partition coefficient (Wildman–Crippen LogP) is 5.16. The highest BCUT2D eigenvalue weighted by molar-refractivity contribution is 7.92. The van der Waals surface area contributed by atoms with Crippen LogP contribution in [0.3, 0.4) is 0 Å². The summed E-state index contributed by atoms with van der Waals surface area (Å²) in [4.78, 5) is 4.02. The molecule has 0 atom stereocenters. The van der Waals surface area contributed by atoms with Gasteiger partial charge in [-0.05, 0) is 36.8 Å². The van der Waals surface area contributed by atoms with Crippen molar-refractivity contribution in [1.29, 1.82) is 5.26 Å². The molecule has 2 heterocycles. The number of hydrogen-bond acceptors (Lipinski definition) is 4. The Morgan fingerprint density at radius 3 is 2.44 bits per heavy atom. The zero-order chi connectivity index (χ0) is 23.1. The van der Waals surface area contributed by atoms with E-state index in [0.717, 1.165) is 12.3 Å². The Balaban J connectivity index is 1.87. The van der Waals surface area contributed by atoms with Gasteiger partial charge in [0.15, 0.2) is 0 Å². The summed E-state index contributed by atoms with van der Waals surface area (Å²) < 4.78 is 67.8. The first-order chi connectivity index (χ1) is 15.1. The number of nitrogens with zero attached hydrogens (tertiary/aromatic N) is 3. The van der Waals surface area contributed by atoms with Gasteiger partial charge in [0.05, 0.1) is 22.6 Å². The fourth-order valence-electron chi connectivity index (χ4n) is 3.48. The van der Waals surface area contributed by atoms with Crippen molar-refractivity contribution >= 4 is 32.4 Å². The summed E-state index contributed by atoms with van der Waals surface area (Å²) in [6.45, 7) is 1.76. The van der Waals surface area contributed by atoms with Gasteiger partial charge in [-0.3, -0.25) is 9.29 Å². The highest BCUT2D eigenvalue weighted by Crippen LogP contribution is 2.39. The van der Waals surface area contributed by atoms with Crippen LogP contribution < -0.4 is 4.72 Å². The molecule has 0 unspecified atom stereocenters. The fourth-order valence-corrected chi connectivity index (χ4v) is 4.62. The molecule has 0 fully saturated rings. The lowest BCUT2D eigenvalue weighted by atomic mass is 10.0. The number of halogens is 3. The van der Waals surface area contributed by atoms with Gasteiger partial charge in [0, 0.05) is 28.5 Å². The molecule has 2 aromatic heterocycles. The summed E-state index contributed by atoms with van der Waals surface area (Å²) in [5.41, 5.74) is 1.28. The van der Waals surface area contributed by atoms with Gasteiger partial charge < -0.3 is 0 Å². The second-order valence-electron chi connectivity index (χ2n) is 7.21. The highest BCUT2D eigenvalue weighted by Gasteiger charge is 2.33. The third-order valence-corrected chi connectivity index (χ3v) is 6.44. The molecule has 0 bridgehead atoms. The van der Waals surface area contributed by atoms with E-state index in [1.165, 1.54) is 0 Å². The van der Waals surface area contributed by atoms with Crippen LogP contribution in [-0.2, 0) is 16.2 Å². The van der Waals surface area contributed by atoms with Crippen LogP contribution in [-0.4, -0.2) is 23.7 Å². The minimum absolute atomic E-state index is 0.0186. The van der Waals surface area contributed by atoms with Crippen molar-refractivity contribution in [2.24, 2.45) is 0 Å². The molecule has 1 N–H and O–H groups in total. The Labute approximate surface area is 182 Å². The van der Waals surface area contributed by atoms with Crippen LogP contribution in [0.25, 0.3) is 28.0 Å². The molecule has 1 aliphatic rings. The van der Waals surface area contributed by atoms with E-state index >= 15 is 0 Å². The van der Waals surface area contributed by atoms with Gasteiger partial charge in [-0.1, -0.05) is 25.1 Å². The Kier molecular flexibility index (Phi) is 5.30. The van der Waals surface area contributed by atoms with Gasteiger partial charge in [0.1, 0.15) is 11.7 Å². The third-order valence-electron chi connectivity index (χ3n) is 4.94. The summed E-state index contributed by atoms with van der Waals surface area (Å²) in [5.74, 6) is -0.0186. The SMILES string of the molecule is CCCS(=O)(=O)Nc1ccc(-c2c(C#N)c3cc(C(F)(F)F)cnc3n2C2=CC=C2)cc1. The smallest absolute Gasteiger partial charge is 0.293 e. The monoisotopic (exact) mass is 458 g/mol. The first-order valence-corrected chi connectivity index (χ1v) is 11.3. The standard InChI is InChI=1S/C22H17F3N4O2S/c1-2-10-32(30,31)28-16-8-6-14(7-9-16)20-19(12-26)18-11-15(22(23,24)25)13-27-21(18)29(20)17-4-3-5-17/h3-9,11,13,28H,2,10H2,1H3. The number of allylic oxidation sites excluding steroid dienone is 4. The van der Waals surface area contributed by atoms with E-state index in [2.05, 4.69) is 9.71 Å². The minimum Gasteiger partial charge on any atom is -0.293 e. The number of sulfonamides is 1. The van der Waals surface area contributed by atoms with Crippen LogP contribution in [0.5, 0.6) is 0 Å². The molecule has 10 heteroatoms.